The fraction of sp³-hybridized carbons (Fsp3) is 0.125. The molecule has 7 nitrogen and oxygen atoms in total. The van der Waals surface area contributed by atoms with E-state index in [2.05, 4.69) is 20.1 Å². The molecular formula is C16H15Cl2N5O2S. The molecule has 3 rings (SSSR count). The highest BCUT2D eigenvalue weighted by Crippen LogP contribution is 2.29. The van der Waals surface area contributed by atoms with Crippen LogP contribution in [-0.2, 0) is 17.1 Å². The van der Waals surface area contributed by atoms with Crippen molar-refractivity contribution in [2.75, 3.05) is 10.0 Å². The van der Waals surface area contributed by atoms with Gasteiger partial charge in [0, 0.05) is 24.0 Å². The van der Waals surface area contributed by atoms with Crippen molar-refractivity contribution in [2.24, 2.45) is 7.05 Å². The van der Waals surface area contributed by atoms with Crippen molar-refractivity contribution in [2.45, 2.75) is 11.8 Å². The molecule has 0 aliphatic heterocycles. The quantitative estimate of drug-likeness (QED) is 0.662. The molecule has 10 heteroatoms. The van der Waals surface area contributed by atoms with Gasteiger partial charge in [-0.15, -0.1) is 0 Å². The maximum atomic E-state index is 12.8. The van der Waals surface area contributed by atoms with E-state index in [0.717, 1.165) is 0 Å². The largest absolute Gasteiger partial charge is 0.338 e. The van der Waals surface area contributed by atoms with Gasteiger partial charge in [0.25, 0.3) is 10.0 Å². The monoisotopic (exact) mass is 411 g/mol. The second-order valence-corrected chi connectivity index (χ2v) is 7.88. The molecule has 2 heterocycles. The number of aryl methyl sites for hydroxylation is 2. The molecule has 1 aromatic carbocycles. The van der Waals surface area contributed by atoms with E-state index < -0.39 is 10.0 Å². The predicted molar refractivity (Wildman–Crippen MR) is 103 cm³/mol. The number of anilines is 3. The van der Waals surface area contributed by atoms with Gasteiger partial charge in [0.1, 0.15) is 10.0 Å². The van der Waals surface area contributed by atoms with Crippen LogP contribution in [-0.4, -0.2) is 23.2 Å². The maximum absolute atomic E-state index is 12.8. The van der Waals surface area contributed by atoms with E-state index in [9.17, 15) is 8.42 Å². The molecule has 0 amide bonds. The molecule has 0 saturated carbocycles. The summed E-state index contributed by atoms with van der Waals surface area (Å²) in [6.07, 6.45) is 1.55. The number of rotatable bonds is 5. The van der Waals surface area contributed by atoms with Crippen LogP contribution in [0.15, 0.2) is 47.5 Å². The van der Waals surface area contributed by atoms with Gasteiger partial charge in [-0.05, 0) is 43.3 Å². The van der Waals surface area contributed by atoms with Gasteiger partial charge in [-0.2, -0.15) is 5.10 Å². The van der Waals surface area contributed by atoms with Crippen LogP contribution in [0.2, 0.25) is 10.2 Å². The molecule has 2 N–H and O–H groups in total. The van der Waals surface area contributed by atoms with Crippen molar-refractivity contribution >= 4 is 50.4 Å². The number of aromatic nitrogens is 3. The number of hydrogen-bond donors (Lipinski definition) is 2. The Hall–Kier alpha value is -2.29. The van der Waals surface area contributed by atoms with Crippen LogP contribution in [0.1, 0.15) is 5.69 Å². The van der Waals surface area contributed by atoms with Gasteiger partial charge in [0.05, 0.1) is 11.4 Å². The first-order valence-corrected chi connectivity index (χ1v) is 9.71. The summed E-state index contributed by atoms with van der Waals surface area (Å²) >= 11 is 12.0. The molecular weight excluding hydrogens is 397 g/mol. The maximum Gasteiger partial charge on any atom is 0.266 e. The highest BCUT2D eigenvalue weighted by molar-refractivity contribution is 7.93. The Balaban J connectivity index is 1.94. The van der Waals surface area contributed by atoms with E-state index in [0.29, 0.717) is 22.2 Å². The van der Waals surface area contributed by atoms with Gasteiger partial charge in [-0.25, -0.2) is 13.4 Å². The summed E-state index contributed by atoms with van der Waals surface area (Å²) in [5, 5.41) is 7.73. The van der Waals surface area contributed by atoms with Crippen molar-refractivity contribution in [3.05, 3.63) is 58.5 Å². The molecule has 0 aliphatic rings. The minimum atomic E-state index is -3.94. The first kappa shape index (κ1) is 18.5. The third kappa shape index (κ3) is 3.77. The number of halogens is 2. The van der Waals surface area contributed by atoms with Crippen molar-refractivity contribution in [3.8, 4) is 0 Å². The number of pyridine rings is 1. The summed E-state index contributed by atoms with van der Waals surface area (Å²) in [6, 6.07) is 10.2. The van der Waals surface area contributed by atoms with Crippen molar-refractivity contribution in [1.82, 2.24) is 14.8 Å². The normalized spacial score (nSPS) is 11.4. The number of nitrogens with zero attached hydrogens (tertiary/aromatic N) is 3. The van der Waals surface area contributed by atoms with Crippen molar-refractivity contribution < 1.29 is 8.42 Å². The first-order chi connectivity index (χ1) is 12.3. The first-order valence-electron chi connectivity index (χ1n) is 7.47. The van der Waals surface area contributed by atoms with Crippen LogP contribution in [0.4, 0.5) is 17.2 Å². The third-order valence-corrected chi connectivity index (χ3v) is 5.84. The van der Waals surface area contributed by atoms with E-state index in [1.165, 1.54) is 4.68 Å². The molecule has 0 unspecified atom stereocenters. The van der Waals surface area contributed by atoms with Crippen molar-refractivity contribution in [3.63, 3.8) is 0 Å². The Kier molecular flexibility index (Phi) is 5.08. The second-order valence-electron chi connectivity index (χ2n) is 5.47. The molecule has 0 fully saturated rings. The molecule has 0 aliphatic carbocycles. The SMILES string of the molecule is Cc1nn(C)c(Cl)c1S(=O)(=O)Nc1cccnc1Nc1ccc(Cl)cc1. The Morgan fingerprint density at radius 2 is 1.81 bits per heavy atom. The standard InChI is InChI=1S/C16H15Cl2N5O2S/c1-10-14(15(18)23(2)21-10)26(24,25)22-13-4-3-9-19-16(13)20-12-7-5-11(17)6-8-12/h3-9,22H,1-2H3,(H,19,20). The minimum absolute atomic E-state index is 0.0334. The second kappa shape index (κ2) is 7.14. The number of sulfonamides is 1. The van der Waals surface area contributed by atoms with E-state index >= 15 is 0 Å². The summed E-state index contributed by atoms with van der Waals surface area (Å²) in [7, 11) is -2.37. The Morgan fingerprint density at radius 3 is 2.42 bits per heavy atom. The highest BCUT2D eigenvalue weighted by atomic mass is 35.5. The molecule has 0 atom stereocenters. The van der Waals surface area contributed by atoms with E-state index in [1.54, 1.807) is 56.6 Å². The van der Waals surface area contributed by atoms with E-state index in [-0.39, 0.29) is 15.7 Å². The molecule has 0 radical (unpaired) electrons. The van der Waals surface area contributed by atoms with Gasteiger partial charge in [-0.1, -0.05) is 23.2 Å². The van der Waals surface area contributed by atoms with Crippen LogP contribution in [0, 0.1) is 6.92 Å². The zero-order valence-electron chi connectivity index (χ0n) is 13.9. The summed E-state index contributed by atoms with van der Waals surface area (Å²) in [6.45, 7) is 1.58. The molecule has 136 valence electrons. The molecule has 2 aromatic heterocycles. The summed E-state index contributed by atoms with van der Waals surface area (Å²) in [5.41, 5.74) is 1.30. The molecule has 3 aromatic rings. The average molecular weight is 412 g/mol. The van der Waals surface area contributed by atoms with Gasteiger partial charge < -0.3 is 5.32 Å². The van der Waals surface area contributed by atoms with Crippen LogP contribution >= 0.6 is 23.2 Å². The lowest BCUT2D eigenvalue weighted by molar-refractivity contribution is 0.600. The Bertz CT molecular complexity index is 1050. The van der Waals surface area contributed by atoms with Crippen LogP contribution in [0.3, 0.4) is 0 Å². The summed E-state index contributed by atoms with van der Waals surface area (Å²) in [4.78, 5) is 4.13. The molecule has 0 bridgehead atoms. The predicted octanol–water partition coefficient (Wildman–Crippen LogP) is 3.97. The molecule has 0 spiro atoms. The molecule has 0 saturated heterocycles. The Labute approximate surface area is 161 Å². The zero-order valence-corrected chi connectivity index (χ0v) is 16.2. The van der Waals surface area contributed by atoms with E-state index in [1.807, 2.05) is 0 Å². The minimum Gasteiger partial charge on any atom is -0.338 e. The lowest BCUT2D eigenvalue weighted by atomic mass is 10.3. The number of nitrogens with one attached hydrogen (secondary N) is 2. The van der Waals surface area contributed by atoms with Gasteiger partial charge >= 0.3 is 0 Å². The fourth-order valence-electron chi connectivity index (χ4n) is 2.37. The molecule has 26 heavy (non-hydrogen) atoms. The number of hydrogen-bond acceptors (Lipinski definition) is 5. The van der Waals surface area contributed by atoms with Crippen molar-refractivity contribution in [1.29, 1.82) is 0 Å². The number of benzene rings is 1. The topological polar surface area (TPSA) is 88.9 Å². The third-order valence-electron chi connectivity index (χ3n) is 3.53. The average Bonchev–Trinajstić information content (AvgIpc) is 2.84. The van der Waals surface area contributed by atoms with Crippen LogP contribution < -0.4 is 10.0 Å². The zero-order chi connectivity index (χ0) is 18.9. The van der Waals surface area contributed by atoms with Gasteiger partial charge in [0.15, 0.2) is 5.82 Å². The van der Waals surface area contributed by atoms with E-state index in [4.69, 9.17) is 23.2 Å². The lowest BCUT2D eigenvalue weighted by Gasteiger charge is -2.13. The van der Waals surface area contributed by atoms with Gasteiger partial charge in [-0.3, -0.25) is 9.40 Å². The summed E-state index contributed by atoms with van der Waals surface area (Å²) in [5.74, 6) is 0.344. The van der Waals surface area contributed by atoms with Crippen LogP contribution in [0.5, 0.6) is 0 Å². The van der Waals surface area contributed by atoms with Crippen LogP contribution in [0.25, 0.3) is 0 Å². The summed E-state index contributed by atoms with van der Waals surface area (Å²) < 4.78 is 29.4. The fourth-order valence-corrected chi connectivity index (χ4v) is 4.31. The van der Waals surface area contributed by atoms with Gasteiger partial charge in [0.2, 0.25) is 0 Å². The smallest absolute Gasteiger partial charge is 0.266 e. The lowest BCUT2D eigenvalue weighted by Crippen LogP contribution is -2.15. The Morgan fingerprint density at radius 1 is 1.12 bits per heavy atom. The highest BCUT2D eigenvalue weighted by Gasteiger charge is 2.26.